The number of carboxylic acids is 1. The second-order valence-electron chi connectivity index (χ2n) is 4.76. The van der Waals surface area contributed by atoms with Gasteiger partial charge in [0.25, 0.3) is 0 Å². The lowest BCUT2D eigenvalue weighted by molar-refractivity contribution is -0.138. The molecule has 0 bridgehead atoms. The van der Waals surface area contributed by atoms with Gasteiger partial charge in [-0.1, -0.05) is 23.7 Å². The quantitative estimate of drug-likeness (QED) is 0.900. The molecule has 92 valence electrons. The summed E-state index contributed by atoms with van der Waals surface area (Å²) in [6.07, 6.45) is 0. The Hall–Kier alpha value is -1.06. The molecule has 1 heterocycles. The van der Waals surface area contributed by atoms with E-state index in [1.807, 2.05) is 12.1 Å². The second kappa shape index (κ2) is 4.67. The van der Waals surface area contributed by atoms with Crippen molar-refractivity contribution in [3.05, 3.63) is 34.3 Å². The molecule has 2 rings (SSSR count). The molecule has 1 fully saturated rings. The number of benzene rings is 1. The van der Waals surface area contributed by atoms with E-state index >= 15 is 0 Å². The summed E-state index contributed by atoms with van der Waals surface area (Å²) in [5.41, 5.74) is 1.89. The molecular weight excluding hydrogens is 238 g/mol. The van der Waals surface area contributed by atoms with Crippen molar-refractivity contribution in [1.29, 1.82) is 0 Å². The van der Waals surface area contributed by atoms with Crippen LogP contribution >= 0.6 is 11.6 Å². The third-order valence-corrected chi connectivity index (χ3v) is 3.73. The Kier molecular flexibility index (Phi) is 3.40. The van der Waals surface area contributed by atoms with Crippen LogP contribution in [0.25, 0.3) is 0 Å². The molecule has 0 spiro atoms. The van der Waals surface area contributed by atoms with Gasteiger partial charge in [-0.15, -0.1) is 0 Å². The van der Waals surface area contributed by atoms with Crippen molar-refractivity contribution in [3.8, 4) is 0 Å². The Balaban J connectivity index is 2.20. The first kappa shape index (κ1) is 12.4. The molecule has 1 aliphatic heterocycles. The number of carboxylic acid groups (broad SMARTS) is 1. The summed E-state index contributed by atoms with van der Waals surface area (Å²) in [7, 11) is 2.07. The summed E-state index contributed by atoms with van der Waals surface area (Å²) in [5.74, 6) is -0.843. The number of likely N-dealkylation sites (N-methyl/N-ethyl adjacent to an activating group) is 1. The summed E-state index contributed by atoms with van der Waals surface area (Å²) in [6.45, 7) is 3.71. The van der Waals surface area contributed by atoms with Gasteiger partial charge in [0.05, 0.1) is 5.92 Å². The molecular formula is C13H16ClNO2. The maximum absolute atomic E-state index is 10.9. The average Bonchev–Trinajstić information content (AvgIpc) is 2.24. The second-order valence-corrected chi connectivity index (χ2v) is 5.17. The molecule has 1 aromatic rings. The van der Waals surface area contributed by atoms with Crippen molar-refractivity contribution in [2.75, 3.05) is 20.1 Å². The number of hydrogen-bond donors (Lipinski definition) is 1. The van der Waals surface area contributed by atoms with Crippen LogP contribution in [-0.4, -0.2) is 36.1 Å². The normalized spacial score (nSPS) is 18.8. The van der Waals surface area contributed by atoms with Crippen molar-refractivity contribution in [1.82, 2.24) is 4.90 Å². The zero-order chi connectivity index (χ0) is 12.6. The highest BCUT2D eigenvalue weighted by Gasteiger charge is 2.27. The monoisotopic (exact) mass is 253 g/mol. The van der Waals surface area contributed by atoms with Gasteiger partial charge in [-0.2, -0.15) is 0 Å². The molecule has 0 radical (unpaired) electrons. The first-order valence-corrected chi connectivity index (χ1v) is 6.07. The van der Waals surface area contributed by atoms with Crippen LogP contribution in [0.5, 0.6) is 0 Å². The molecule has 0 aromatic heterocycles. The Morgan fingerprint density at radius 1 is 1.53 bits per heavy atom. The fourth-order valence-corrected chi connectivity index (χ4v) is 2.53. The molecule has 1 aromatic carbocycles. The maximum Gasteiger partial charge on any atom is 0.310 e. The summed E-state index contributed by atoms with van der Waals surface area (Å²) < 4.78 is 0. The van der Waals surface area contributed by atoms with Crippen molar-refractivity contribution in [2.24, 2.45) is 0 Å². The van der Waals surface area contributed by atoms with Gasteiger partial charge >= 0.3 is 5.97 Å². The number of halogens is 1. The third kappa shape index (κ3) is 2.45. The number of hydrogen-bond acceptors (Lipinski definition) is 2. The van der Waals surface area contributed by atoms with Crippen LogP contribution in [0.4, 0.5) is 0 Å². The summed E-state index contributed by atoms with van der Waals surface area (Å²) in [4.78, 5) is 13.1. The van der Waals surface area contributed by atoms with E-state index in [9.17, 15) is 4.79 Å². The fraction of sp³-hybridized carbons (Fsp3) is 0.462. The fourth-order valence-electron chi connectivity index (χ4n) is 2.18. The Bertz CT molecular complexity index is 441. The van der Waals surface area contributed by atoms with Crippen LogP contribution in [-0.2, 0) is 4.79 Å². The van der Waals surface area contributed by atoms with Crippen LogP contribution < -0.4 is 0 Å². The number of nitrogens with zero attached hydrogens (tertiary/aromatic N) is 1. The van der Waals surface area contributed by atoms with Crippen LogP contribution in [0.1, 0.15) is 29.9 Å². The molecule has 17 heavy (non-hydrogen) atoms. The van der Waals surface area contributed by atoms with Gasteiger partial charge in [0.2, 0.25) is 0 Å². The van der Waals surface area contributed by atoms with Crippen molar-refractivity contribution < 1.29 is 9.90 Å². The molecule has 1 aliphatic rings. The predicted molar refractivity (Wildman–Crippen MR) is 67.7 cm³/mol. The van der Waals surface area contributed by atoms with Crippen LogP contribution in [0.2, 0.25) is 5.02 Å². The molecule has 0 aliphatic carbocycles. The topological polar surface area (TPSA) is 40.5 Å². The van der Waals surface area contributed by atoms with Gasteiger partial charge in [-0.25, -0.2) is 0 Å². The van der Waals surface area contributed by atoms with Crippen LogP contribution in [0, 0.1) is 0 Å². The van der Waals surface area contributed by atoms with E-state index in [4.69, 9.17) is 16.7 Å². The third-order valence-electron chi connectivity index (χ3n) is 3.40. The van der Waals surface area contributed by atoms with Crippen LogP contribution in [0.15, 0.2) is 18.2 Å². The lowest BCUT2D eigenvalue weighted by atomic mass is 9.90. The van der Waals surface area contributed by atoms with E-state index in [-0.39, 0.29) is 0 Å². The number of rotatable bonds is 3. The Labute approximate surface area is 106 Å². The summed E-state index contributed by atoms with van der Waals surface area (Å²) in [5, 5.41) is 9.64. The van der Waals surface area contributed by atoms with Gasteiger partial charge in [-0.05, 0) is 31.2 Å². The van der Waals surface area contributed by atoms with Crippen molar-refractivity contribution in [3.63, 3.8) is 0 Å². The standard InChI is InChI=1S/C13H16ClNO2/c1-8(13(16)17)9-3-4-11(12(14)5-9)10-6-15(2)7-10/h3-5,8,10H,6-7H2,1-2H3,(H,16,17). The summed E-state index contributed by atoms with van der Waals surface area (Å²) in [6, 6.07) is 5.63. The van der Waals surface area contributed by atoms with Crippen molar-refractivity contribution >= 4 is 17.6 Å². The average molecular weight is 254 g/mol. The minimum atomic E-state index is -0.822. The molecule has 3 nitrogen and oxygen atoms in total. The van der Waals surface area contributed by atoms with E-state index in [0.717, 1.165) is 24.2 Å². The first-order valence-electron chi connectivity index (χ1n) is 5.69. The van der Waals surface area contributed by atoms with Gasteiger partial charge < -0.3 is 10.0 Å². The maximum atomic E-state index is 10.9. The highest BCUT2D eigenvalue weighted by atomic mass is 35.5. The van der Waals surface area contributed by atoms with Crippen molar-refractivity contribution in [2.45, 2.75) is 18.8 Å². The highest BCUT2D eigenvalue weighted by molar-refractivity contribution is 6.31. The van der Waals surface area contributed by atoms with Gasteiger partial charge in [-0.3, -0.25) is 4.79 Å². The lowest BCUT2D eigenvalue weighted by Crippen LogP contribution is -2.41. The molecule has 0 saturated carbocycles. The van der Waals surface area contributed by atoms with Gasteiger partial charge in [0.15, 0.2) is 0 Å². The predicted octanol–water partition coefficient (Wildman–Crippen LogP) is 2.56. The van der Waals surface area contributed by atoms with Gasteiger partial charge in [0, 0.05) is 24.0 Å². The first-order chi connectivity index (χ1) is 7.99. The molecule has 1 unspecified atom stereocenters. The molecule has 1 atom stereocenters. The Morgan fingerprint density at radius 2 is 2.18 bits per heavy atom. The van der Waals surface area contributed by atoms with E-state index in [1.165, 1.54) is 0 Å². The van der Waals surface area contributed by atoms with E-state index in [2.05, 4.69) is 11.9 Å². The van der Waals surface area contributed by atoms with E-state index in [0.29, 0.717) is 10.9 Å². The Morgan fingerprint density at radius 3 is 2.65 bits per heavy atom. The smallest absolute Gasteiger partial charge is 0.310 e. The highest BCUT2D eigenvalue weighted by Crippen LogP contribution is 2.33. The van der Waals surface area contributed by atoms with E-state index in [1.54, 1.807) is 13.0 Å². The molecule has 1 N–H and O–H groups in total. The van der Waals surface area contributed by atoms with Gasteiger partial charge in [0.1, 0.15) is 0 Å². The number of aliphatic carboxylic acids is 1. The number of likely N-dealkylation sites (tertiary alicyclic amines) is 1. The van der Waals surface area contributed by atoms with E-state index < -0.39 is 11.9 Å². The van der Waals surface area contributed by atoms with Crippen LogP contribution in [0.3, 0.4) is 0 Å². The zero-order valence-corrected chi connectivity index (χ0v) is 10.7. The minimum Gasteiger partial charge on any atom is -0.481 e. The lowest BCUT2D eigenvalue weighted by Gasteiger charge is -2.37. The molecule has 4 heteroatoms. The summed E-state index contributed by atoms with van der Waals surface area (Å²) >= 11 is 6.22. The molecule has 1 saturated heterocycles. The zero-order valence-electron chi connectivity index (χ0n) is 9.98. The minimum absolute atomic E-state index is 0.488. The SMILES string of the molecule is CC(C(=O)O)c1ccc(C2CN(C)C2)c(Cl)c1. The largest absolute Gasteiger partial charge is 0.481 e. The molecule has 0 amide bonds. The number of carbonyl (C=O) groups is 1.